The minimum absolute atomic E-state index is 0.296. The van der Waals surface area contributed by atoms with Gasteiger partial charge in [-0.1, -0.05) is 13.8 Å². The molecule has 96 valence electrons. The number of nitrogens with zero attached hydrogens (tertiary/aromatic N) is 2. The Hall–Kier alpha value is -1.09. The molecule has 0 saturated carbocycles. The third-order valence-corrected chi connectivity index (χ3v) is 2.77. The molecule has 1 N–H and O–H groups in total. The molecule has 17 heavy (non-hydrogen) atoms. The lowest BCUT2D eigenvalue weighted by Gasteiger charge is -2.28. The lowest BCUT2D eigenvalue weighted by atomic mass is 10.1. The molecule has 1 aromatic rings. The highest BCUT2D eigenvalue weighted by Gasteiger charge is 2.14. The van der Waals surface area contributed by atoms with Crippen LogP contribution in [0.5, 0.6) is 5.75 Å². The van der Waals surface area contributed by atoms with Crippen LogP contribution in [0.25, 0.3) is 0 Å². The predicted octanol–water partition coefficient (Wildman–Crippen LogP) is 2.96. The summed E-state index contributed by atoms with van der Waals surface area (Å²) in [6.45, 7) is 12.4. The van der Waals surface area contributed by atoms with Gasteiger partial charge in [-0.25, -0.2) is 0 Å². The van der Waals surface area contributed by atoms with E-state index in [0.717, 1.165) is 17.9 Å². The van der Waals surface area contributed by atoms with Crippen molar-refractivity contribution in [1.82, 2.24) is 9.88 Å². The topological polar surface area (TPSA) is 36.4 Å². The summed E-state index contributed by atoms with van der Waals surface area (Å²) in [5.74, 6) is 0.911. The van der Waals surface area contributed by atoms with Crippen molar-refractivity contribution in [2.24, 2.45) is 5.92 Å². The largest absolute Gasteiger partial charge is 0.506 e. The number of aromatic hydroxyl groups is 1. The second kappa shape index (κ2) is 6.01. The van der Waals surface area contributed by atoms with E-state index in [4.69, 9.17) is 0 Å². The Morgan fingerprint density at radius 1 is 1.24 bits per heavy atom. The minimum Gasteiger partial charge on any atom is -0.506 e. The average molecular weight is 236 g/mol. The normalized spacial score (nSPS) is 11.8. The first-order chi connectivity index (χ1) is 7.90. The van der Waals surface area contributed by atoms with Crippen LogP contribution in [-0.4, -0.2) is 27.6 Å². The molecule has 1 aromatic heterocycles. The van der Waals surface area contributed by atoms with Crippen molar-refractivity contribution in [1.29, 1.82) is 0 Å². The van der Waals surface area contributed by atoms with Gasteiger partial charge in [-0.05, 0) is 38.8 Å². The molecule has 0 aliphatic rings. The van der Waals surface area contributed by atoms with Crippen molar-refractivity contribution in [3.8, 4) is 5.75 Å². The quantitative estimate of drug-likeness (QED) is 0.854. The Kier molecular flexibility index (Phi) is 4.94. The number of pyridine rings is 1. The van der Waals surface area contributed by atoms with Crippen LogP contribution in [0.4, 0.5) is 0 Å². The Morgan fingerprint density at radius 3 is 2.41 bits per heavy atom. The van der Waals surface area contributed by atoms with Gasteiger partial charge in [0, 0.05) is 24.8 Å². The first-order valence-corrected chi connectivity index (χ1v) is 6.29. The highest BCUT2D eigenvalue weighted by molar-refractivity contribution is 5.27. The summed E-state index contributed by atoms with van der Waals surface area (Å²) in [6.07, 6.45) is 0. The summed E-state index contributed by atoms with van der Waals surface area (Å²) in [5.41, 5.74) is 1.73. The highest BCUT2D eigenvalue weighted by Crippen LogP contribution is 2.18. The number of aryl methyl sites for hydroxylation is 1. The maximum absolute atomic E-state index is 9.81. The molecule has 1 rings (SSSR count). The second-order valence-corrected chi connectivity index (χ2v) is 5.34. The second-order valence-electron chi connectivity index (χ2n) is 5.34. The van der Waals surface area contributed by atoms with Gasteiger partial charge in [-0.3, -0.25) is 9.88 Å². The van der Waals surface area contributed by atoms with Gasteiger partial charge in [0.1, 0.15) is 5.75 Å². The Bertz CT molecular complexity index is 361. The van der Waals surface area contributed by atoms with Gasteiger partial charge in [0.2, 0.25) is 0 Å². The fourth-order valence-corrected chi connectivity index (χ4v) is 1.84. The monoisotopic (exact) mass is 236 g/mol. The van der Waals surface area contributed by atoms with E-state index >= 15 is 0 Å². The number of rotatable bonds is 5. The van der Waals surface area contributed by atoms with E-state index in [1.165, 1.54) is 0 Å². The van der Waals surface area contributed by atoms with E-state index in [-0.39, 0.29) is 0 Å². The minimum atomic E-state index is 0.296. The van der Waals surface area contributed by atoms with E-state index in [9.17, 15) is 5.11 Å². The van der Waals surface area contributed by atoms with E-state index in [1.54, 1.807) is 6.07 Å². The van der Waals surface area contributed by atoms with E-state index < -0.39 is 0 Å². The first kappa shape index (κ1) is 14.0. The molecular formula is C14H24N2O. The van der Waals surface area contributed by atoms with Crippen molar-refractivity contribution < 1.29 is 5.11 Å². The van der Waals surface area contributed by atoms with Crippen molar-refractivity contribution in [3.05, 3.63) is 23.5 Å². The van der Waals surface area contributed by atoms with Crippen LogP contribution < -0.4 is 0 Å². The molecule has 1 heterocycles. The van der Waals surface area contributed by atoms with Crippen LogP contribution in [0.1, 0.15) is 39.1 Å². The zero-order chi connectivity index (χ0) is 13.0. The fourth-order valence-electron chi connectivity index (χ4n) is 1.84. The zero-order valence-electron chi connectivity index (χ0n) is 11.6. The molecule has 0 amide bonds. The van der Waals surface area contributed by atoms with Gasteiger partial charge in [0.15, 0.2) is 0 Å². The van der Waals surface area contributed by atoms with Gasteiger partial charge in [0.25, 0.3) is 0 Å². The fraction of sp³-hybridized carbons (Fsp3) is 0.643. The van der Waals surface area contributed by atoms with Crippen molar-refractivity contribution in [2.75, 3.05) is 6.54 Å². The standard InChI is InChI=1S/C14H24N2O/c1-10(2)8-16(11(3)4)9-13-14(17)7-6-12(5)15-13/h6-7,10-11,17H,8-9H2,1-5H3. The van der Waals surface area contributed by atoms with E-state index in [2.05, 4.69) is 37.6 Å². The summed E-state index contributed by atoms with van der Waals surface area (Å²) >= 11 is 0. The van der Waals surface area contributed by atoms with Gasteiger partial charge in [0.05, 0.1) is 5.69 Å². The van der Waals surface area contributed by atoms with Gasteiger partial charge in [-0.2, -0.15) is 0 Å². The Labute approximate surface area is 104 Å². The first-order valence-electron chi connectivity index (χ1n) is 6.29. The average Bonchev–Trinajstić information content (AvgIpc) is 2.21. The van der Waals surface area contributed by atoms with Crippen molar-refractivity contribution >= 4 is 0 Å². The molecular weight excluding hydrogens is 212 g/mol. The van der Waals surface area contributed by atoms with Crippen molar-refractivity contribution in [2.45, 2.75) is 47.2 Å². The van der Waals surface area contributed by atoms with Gasteiger partial charge in [-0.15, -0.1) is 0 Å². The van der Waals surface area contributed by atoms with E-state index in [0.29, 0.717) is 24.3 Å². The maximum atomic E-state index is 9.81. The molecule has 0 unspecified atom stereocenters. The van der Waals surface area contributed by atoms with Crippen LogP contribution in [0.3, 0.4) is 0 Å². The molecule has 0 fully saturated rings. The van der Waals surface area contributed by atoms with Crippen LogP contribution in [0.15, 0.2) is 12.1 Å². The third-order valence-electron chi connectivity index (χ3n) is 2.77. The lowest BCUT2D eigenvalue weighted by molar-refractivity contribution is 0.185. The summed E-state index contributed by atoms with van der Waals surface area (Å²) in [6, 6.07) is 4.02. The molecule has 0 aromatic carbocycles. The highest BCUT2D eigenvalue weighted by atomic mass is 16.3. The van der Waals surface area contributed by atoms with Crippen LogP contribution >= 0.6 is 0 Å². The third kappa shape index (κ3) is 4.35. The SMILES string of the molecule is Cc1ccc(O)c(CN(CC(C)C)C(C)C)n1. The van der Waals surface area contributed by atoms with Gasteiger partial charge >= 0.3 is 0 Å². The Balaban J connectivity index is 2.81. The molecule has 0 bridgehead atoms. The molecule has 3 heteroatoms. The number of aromatic nitrogens is 1. The van der Waals surface area contributed by atoms with Crippen LogP contribution in [-0.2, 0) is 6.54 Å². The number of hydrogen-bond donors (Lipinski definition) is 1. The summed E-state index contributed by atoms with van der Waals surface area (Å²) < 4.78 is 0. The van der Waals surface area contributed by atoms with Crippen molar-refractivity contribution in [3.63, 3.8) is 0 Å². The number of hydrogen-bond acceptors (Lipinski definition) is 3. The zero-order valence-corrected chi connectivity index (χ0v) is 11.6. The predicted molar refractivity (Wildman–Crippen MR) is 71.0 cm³/mol. The van der Waals surface area contributed by atoms with Crippen LogP contribution in [0.2, 0.25) is 0 Å². The molecule has 0 atom stereocenters. The molecule has 0 aliphatic heterocycles. The molecule has 0 spiro atoms. The molecule has 0 radical (unpaired) electrons. The molecule has 3 nitrogen and oxygen atoms in total. The van der Waals surface area contributed by atoms with Gasteiger partial charge < -0.3 is 5.11 Å². The maximum Gasteiger partial charge on any atom is 0.138 e. The lowest BCUT2D eigenvalue weighted by Crippen LogP contribution is -2.33. The molecule has 0 aliphatic carbocycles. The Morgan fingerprint density at radius 2 is 1.88 bits per heavy atom. The van der Waals surface area contributed by atoms with Crippen LogP contribution in [0, 0.1) is 12.8 Å². The smallest absolute Gasteiger partial charge is 0.138 e. The molecule has 0 saturated heterocycles. The summed E-state index contributed by atoms with van der Waals surface area (Å²) in [7, 11) is 0. The summed E-state index contributed by atoms with van der Waals surface area (Å²) in [5, 5.41) is 9.81. The van der Waals surface area contributed by atoms with E-state index in [1.807, 2.05) is 13.0 Å². The summed E-state index contributed by atoms with van der Waals surface area (Å²) in [4.78, 5) is 6.75.